The van der Waals surface area contributed by atoms with Crippen molar-refractivity contribution in [3.05, 3.63) is 55.1 Å². The molecule has 0 saturated carbocycles. The summed E-state index contributed by atoms with van der Waals surface area (Å²) in [5, 5.41) is 4.43. The molecule has 3 aromatic heterocycles. The van der Waals surface area contributed by atoms with Gasteiger partial charge in [-0.05, 0) is 35.9 Å². The number of nitrogens with zero attached hydrogens (tertiary/aromatic N) is 5. The van der Waals surface area contributed by atoms with Crippen LogP contribution < -0.4 is 19.1 Å². The highest BCUT2D eigenvalue weighted by Gasteiger charge is 2.18. The van der Waals surface area contributed by atoms with Crippen LogP contribution in [0.2, 0.25) is 0 Å². The van der Waals surface area contributed by atoms with Crippen molar-refractivity contribution < 1.29 is 14.2 Å². The minimum Gasteiger partial charge on any atom is -0.493 e. The van der Waals surface area contributed by atoms with Crippen LogP contribution in [-0.2, 0) is 0 Å². The summed E-state index contributed by atoms with van der Waals surface area (Å²) < 4.78 is 18.1. The van der Waals surface area contributed by atoms with Crippen molar-refractivity contribution >= 4 is 17.2 Å². The summed E-state index contributed by atoms with van der Waals surface area (Å²) in [6.45, 7) is 0. The number of anilines is 2. The third kappa shape index (κ3) is 3.29. The van der Waals surface area contributed by atoms with Gasteiger partial charge in [-0.15, -0.1) is 0 Å². The van der Waals surface area contributed by atoms with Crippen LogP contribution in [0.1, 0.15) is 0 Å². The van der Waals surface area contributed by atoms with E-state index in [2.05, 4.69) is 10.1 Å². The van der Waals surface area contributed by atoms with Crippen molar-refractivity contribution in [2.45, 2.75) is 0 Å². The SMILES string of the molecule is COc1cc(-c2cnn3ccc(N(C)c4cccnc4)nc23)cc(OC)c1OC. The van der Waals surface area contributed by atoms with Gasteiger partial charge < -0.3 is 19.1 Å². The number of fused-ring (bicyclic) bond motifs is 1. The zero-order valence-corrected chi connectivity index (χ0v) is 16.7. The van der Waals surface area contributed by atoms with Gasteiger partial charge in [0.1, 0.15) is 5.82 Å². The predicted octanol–water partition coefficient (Wildman–Crippen LogP) is 3.59. The van der Waals surface area contributed by atoms with Crippen LogP contribution in [0.15, 0.2) is 55.1 Å². The minimum atomic E-state index is 0.542. The third-order valence-electron chi connectivity index (χ3n) is 4.71. The van der Waals surface area contributed by atoms with Crippen molar-refractivity contribution in [1.29, 1.82) is 0 Å². The first kappa shape index (κ1) is 18.5. The Morgan fingerprint density at radius 3 is 2.34 bits per heavy atom. The Morgan fingerprint density at radius 1 is 0.966 bits per heavy atom. The van der Waals surface area contributed by atoms with E-state index in [0.717, 1.165) is 22.6 Å². The lowest BCUT2D eigenvalue weighted by molar-refractivity contribution is 0.324. The first-order chi connectivity index (χ1) is 14.2. The molecular formula is C21H21N5O3. The molecule has 0 saturated heterocycles. The predicted molar refractivity (Wildman–Crippen MR) is 110 cm³/mol. The van der Waals surface area contributed by atoms with Gasteiger partial charge in [0.05, 0.1) is 39.4 Å². The average Bonchev–Trinajstić information content (AvgIpc) is 3.21. The van der Waals surface area contributed by atoms with E-state index >= 15 is 0 Å². The van der Waals surface area contributed by atoms with E-state index in [9.17, 15) is 0 Å². The van der Waals surface area contributed by atoms with Gasteiger partial charge in [-0.25, -0.2) is 9.50 Å². The lowest BCUT2D eigenvalue weighted by Gasteiger charge is -2.18. The maximum Gasteiger partial charge on any atom is 0.203 e. The zero-order valence-electron chi connectivity index (χ0n) is 16.7. The number of methoxy groups -OCH3 is 3. The number of ether oxygens (including phenoxy) is 3. The zero-order chi connectivity index (χ0) is 20.4. The summed E-state index contributed by atoms with van der Waals surface area (Å²) in [5.41, 5.74) is 3.37. The molecule has 0 aliphatic carbocycles. The highest BCUT2D eigenvalue weighted by Crippen LogP contribution is 2.41. The molecule has 0 amide bonds. The molecule has 1 aromatic carbocycles. The third-order valence-corrected chi connectivity index (χ3v) is 4.71. The van der Waals surface area contributed by atoms with Gasteiger partial charge in [-0.1, -0.05) is 0 Å². The second kappa shape index (κ2) is 7.67. The van der Waals surface area contributed by atoms with Gasteiger partial charge in [0.15, 0.2) is 17.1 Å². The summed E-state index contributed by atoms with van der Waals surface area (Å²) in [7, 11) is 6.72. The molecule has 0 fully saturated rings. The molecule has 0 atom stereocenters. The number of benzene rings is 1. The van der Waals surface area contributed by atoms with Gasteiger partial charge in [-0.2, -0.15) is 5.10 Å². The summed E-state index contributed by atoms with van der Waals surface area (Å²) in [5.74, 6) is 2.47. The second-order valence-electron chi connectivity index (χ2n) is 6.30. The molecular weight excluding hydrogens is 370 g/mol. The highest BCUT2D eigenvalue weighted by molar-refractivity contribution is 5.81. The number of pyridine rings is 1. The number of hydrogen-bond donors (Lipinski definition) is 0. The maximum atomic E-state index is 5.48. The van der Waals surface area contributed by atoms with Gasteiger partial charge in [-0.3, -0.25) is 4.98 Å². The van der Waals surface area contributed by atoms with Crippen molar-refractivity contribution in [2.75, 3.05) is 33.3 Å². The quantitative estimate of drug-likeness (QED) is 0.497. The molecule has 4 aromatic rings. The van der Waals surface area contributed by atoms with Crippen LogP contribution in [-0.4, -0.2) is 48.0 Å². The molecule has 0 bridgehead atoms. The fraction of sp³-hybridized carbons (Fsp3) is 0.190. The maximum absolute atomic E-state index is 5.48. The van der Waals surface area contributed by atoms with E-state index in [1.165, 1.54) is 0 Å². The molecule has 0 radical (unpaired) electrons. The summed E-state index contributed by atoms with van der Waals surface area (Å²) >= 11 is 0. The fourth-order valence-electron chi connectivity index (χ4n) is 3.17. The molecule has 0 N–H and O–H groups in total. The highest BCUT2D eigenvalue weighted by atomic mass is 16.5. The van der Waals surface area contributed by atoms with Crippen molar-refractivity contribution in [2.24, 2.45) is 0 Å². The molecule has 4 rings (SSSR count). The number of rotatable bonds is 6. The second-order valence-corrected chi connectivity index (χ2v) is 6.30. The van der Waals surface area contributed by atoms with E-state index in [1.54, 1.807) is 44.4 Å². The molecule has 0 spiro atoms. The monoisotopic (exact) mass is 391 g/mol. The normalized spacial score (nSPS) is 10.8. The molecule has 0 aliphatic rings. The van der Waals surface area contributed by atoms with E-state index in [4.69, 9.17) is 19.2 Å². The largest absolute Gasteiger partial charge is 0.493 e. The standard InChI is InChI=1S/C21H21N5O3/c1-25(15-6-5-8-22-12-15)19-7-9-26-21(24-19)16(13-23-26)14-10-17(27-2)20(29-4)18(11-14)28-3/h5-13H,1-4H3. The molecule has 8 nitrogen and oxygen atoms in total. The number of aromatic nitrogens is 4. The fourth-order valence-corrected chi connectivity index (χ4v) is 3.17. The van der Waals surface area contributed by atoms with Gasteiger partial charge in [0.25, 0.3) is 0 Å². The van der Waals surface area contributed by atoms with Gasteiger partial charge in [0.2, 0.25) is 5.75 Å². The van der Waals surface area contributed by atoms with Gasteiger partial charge in [0, 0.05) is 25.0 Å². The lowest BCUT2D eigenvalue weighted by Crippen LogP contribution is -2.12. The van der Waals surface area contributed by atoms with Crippen LogP contribution in [0.3, 0.4) is 0 Å². The molecule has 148 valence electrons. The molecule has 3 heterocycles. The first-order valence-electron chi connectivity index (χ1n) is 8.94. The summed E-state index contributed by atoms with van der Waals surface area (Å²) in [4.78, 5) is 11.0. The first-order valence-corrected chi connectivity index (χ1v) is 8.94. The molecule has 8 heteroatoms. The van der Waals surface area contributed by atoms with Crippen molar-refractivity contribution in [3.63, 3.8) is 0 Å². The van der Waals surface area contributed by atoms with Crippen LogP contribution >= 0.6 is 0 Å². The van der Waals surface area contributed by atoms with Crippen LogP contribution in [0.5, 0.6) is 17.2 Å². The number of hydrogen-bond acceptors (Lipinski definition) is 7. The Hall–Kier alpha value is -3.81. The van der Waals surface area contributed by atoms with E-state index in [-0.39, 0.29) is 0 Å². The lowest BCUT2D eigenvalue weighted by atomic mass is 10.1. The van der Waals surface area contributed by atoms with Crippen LogP contribution in [0.25, 0.3) is 16.8 Å². The average molecular weight is 391 g/mol. The van der Waals surface area contributed by atoms with E-state index in [1.807, 2.05) is 48.5 Å². The molecule has 29 heavy (non-hydrogen) atoms. The Labute approximate surface area is 168 Å². The molecule has 0 unspecified atom stereocenters. The Morgan fingerprint density at radius 2 is 1.72 bits per heavy atom. The Bertz CT molecular complexity index is 1120. The minimum absolute atomic E-state index is 0.542. The van der Waals surface area contributed by atoms with Crippen molar-refractivity contribution in [3.8, 4) is 28.4 Å². The molecule has 0 aliphatic heterocycles. The van der Waals surface area contributed by atoms with E-state index < -0.39 is 0 Å². The Balaban J connectivity index is 1.83. The van der Waals surface area contributed by atoms with E-state index in [0.29, 0.717) is 22.9 Å². The smallest absolute Gasteiger partial charge is 0.203 e. The Kier molecular flexibility index (Phi) is 4.90. The van der Waals surface area contributed by atoms with Crippen molar-refractivity contribution in [1.82, 2.24) is 19.6 Å². The topological polar surface area (TPSA) is 74.0 Å². The van der Waals surface area contributed by atoms with Gasteiger partial charge >= 0.3 is 0 Å². The summed E-state index contributed by atoms with van der Waals surface area (Å²) in [6.07, 6.45) is 7.19. The summed E-state index contributed by atoms with van der Waals surface area (Å²) in [6, 6.07) is 9.56. The van der Waals surface area contributed by atoms with Crippen LogP contribution in [0, 0.1) is 0 Å². The van der Waals surface area contributed by atoms with Crippen LogP contribution in [0.4, 0.5) is 11.5 Å².